The lowest BCUT2D eigenvalue weighted by atomic mass is 10.00. The van der Waals surface area contributed by atoms with Gasteiger partial charge in [-0.05, 0) is 38.1 Å². The predicted molar refractivity (Wildman–Crippen MR) is 97.2 cm³/mol. The molecule has 7 heteroatoms. The summed E-state index contributed by atoms with van der Waals surface area (Å²) >= 11 is 5.91. The fourth-order valence-corrected chi connectivity index (χ4v) is 2.94. The van der Waals surface area contributed by atoms with Gasteiger partial charge in [0.1, 0.15) is 0 Å². The van der Waals surface area contributed by atoms with Crippen molar-refractivity contribution >= 4 is 23.6 Å². The molecule has 0 spiro atoms. The lowest BCUT2D eigenvalue weighted by Gasteiger charge is -2.30. The number of carbonyl (C=O) groups is 2. The molecule has 136 valence electrons. The van der Waals surface area contributed by atoms with Crippen LogP contribution in [0.4, 0.5) is 4.79 Å². The summed E-state index contributed by atoms with van der Waals surface area (Å²) in [4.78, 5) is 26.3. The summed E-state index contributed by atoms with van der Waals surface area (Å²) < 4.78 is 5.17. The van der Waals surface area contributed by atoms with Crippen LogP contribution in [-0.2, 0) is 16.1 Å². The minimum absolute atomic E-state index is 0.292. The molecule has 6 nitrogen and oxygen atoms in total. The van der Waals surface area contributed by atoms with Crippen LogP contribution in [0.25, 0.3) is 0 Å². The lowest BCUT2D eigenvalue weighted by molar-refractivity contribution is -0.139. The molecule has 1 aliphatic heterocycles. The van der Waals surface area contributed by atoms with Gasteiger partial charge in [0.25, 0.3) is 0 Å². The molecule has 0 aliphatic carbocycles. The van der Waals surface area contributed by atoms with E-state index in [2.05, 4.69) is 10.6 Å². The fraction of sp³-hybridized carbons (Fsp3) is 0.444. The van der Waals surface area contributed by atoms with Gasteiger partial charge in [0.15, 0.2) is 0 Å². The SMILES string of the molecule is CCOC(=O)C1=C(CN(C)Cc2ccc(Cl)cc2)NC(=O)N[C@H]1CC. The van der Waals surface area contributed by atoms with Crippen molar-refractivity contribution in [2.45, 2.75) is 32.9 Å². The van der Waals surface area contributed by atoms with Gasteiger partial charge in [0.2, 0.25) is 0 Å². The minimum Gasteiger partial charge on any atom is -0.463 e. The van der Waals surface area contributed by atoms with Crippen molar-refractivity contribution in [1.29, 1.82) is 0 Å². The van der Waals surface area contributed by atoms with E-state index in [0.717, 1.165) is 5.56 Å². The van der Waals surface area contributed by atoms with Gasteiger partial charge in [0, 0.05) is 23.8 Å². The number of esters is 1. The minimum atomic E-state index is -0.392. The molecule has 2 rings (SSSR count). The van der Waals surface area contributed by atoms with E-state index in [1.807, 2.05) is 43.1 Å². The normalized spacial score (nSPS) is 17.3. The first-order valence-electron chi connectivity index (χ1n) is 8.35. The van der Waals surface area contributed by atoms with Crippen LogP contribution in [0.2, 0.25) is 5.02 Å². The summed E-state index contributed by atoms with van der Waals surface area (Å²) in [6.07, 6.45) is 0.617. The van der Waals surface area contributed by atoms with Crippen molar-refractivity contribution in [3.63, 3.8) is 0 Å². The Bertz CT molecular complexity index is 658. The molecular formula is C18H24ClN3O3. The van der Waals surface area contributed by atoms with E-state index in [4.69, 9.17) is 16.3 Å². The van der Waals surface area contributed by atoms with E-state index in [1.165, 1.54) is 0 Å². The van der Waals surface area contributed by atoms with Gasteiger partial charge >= 0.3 is 12.0 Å². The fourth-order valence-electron chi connectivity index (χ4n) is 2.81. The first-order valence-corrected chi connectivity index (χ1v) is 8.73. The van der Waals surface area contributed by atoms with Crippen molar-refractivity contribution in [3.05, 3.63) is 46.1 Å². The summed E-state index contributed by atoms with van der Waals surface area (Å²) in [6, 6.07) is 6.95. The first kappa shape index (κ1) is 19.3. The van der Waals surface area contributed by atoms with E-state index < -0.39 is 5.97 Å². The Morgan fingerprint density at radius 3 is 2.52 bits per heavy atom. The molecule has 0 radical (unpaired) electrons. The van der Waals surface area contributed by atoms with Gasteiger partial charge in [-0.2, -0.15) is 0 Å². The second-order valence-corrected chi connectivity index (χ2v) is 6.41. The molecule has 1 aliphatic rings. The third-order valence-corrected chi connectivity index (χ3v) is 4.19. The standard InChI is InChI=1S/C18H24ClN3O3/c1-4-14-16(17(23)25-5-2)15(21-18(24)20-14)11-22(3)10-12-6-8-13(19)9-7-12/h6-9,14H,4-5,10-11H2,1-3H3,(H2,20,21,24)/t14-/m0/s1. The van der Waals surface area contributed by atoms with Crippen LogP contribution in [0.5, 0.6) is 0 Å². The van der Waals surface area contributed by atoms with E-state index in [-0.39, 0.29) is 12.1 Å². The van der Waals surface area contributed by atoms with Crippen LogP contribution in [-0.4, -0.2) is 43.1 Å². The highest BCUT2D eigenvalue weighted by Gasteiger charge is 2.31. The molecule has 1 atom stereocenters. The summed E-state index contributed by atoms with van der Waals surface area (Å²) in [6.45, 7) is 5.07. The average molecular weight is 366 g/mol. The summed E-state index contributed by atoms with van der Waals surface area (Å²) in [5.41, 5.74) is 2.18. The number of benzene rings is 1. The van der Waals surface area contributed by atoms with Gasteiger partial charge in [0.05, 0.1) is 18.2 Å². The predicted octanol–water partition coefficient (Wildman–Crippen LogP) is 2.68. The maximum absolute atomic E-state index is 12.4. The number of carbonyl (C=O) groups excluding carboxylic acids is 2. The second kappa shape index (κ2) is 8.87. The zero-order chi connectivity index (χ0) is 18.4. The van der Waals surface area contributed by atoms with Crippen LogP contribution in [0, 0.1) is 0 Å². The zero-order valence-electron chi connectivity index (χ0n) is 14.8. The first-order chi connectivity index (χ1) is 11.9. The number of likely N-dealkylation sites (N-methyl/N-ethyl adjacent to an activating group) is 1. The third kappa shape index (κ3) is 5.21. The number of rotatable bonds is 7. The maximum atomic E-state index is 12.4. The molecule has 1 aromatic rings. The molecule has 0 aromatic heterocycles. The number of hydrogen-bond acceptors (Lipinski definition) is 4. The van der Waals surface area contributed by atoms with Crippen molar-refractivity contribution in [2.24, 2.45) is 0 Å². The molecular weight excluding hydrogens is 342 g/mol. The molecule has 1 heterocycles. The summed E-state index contributed by atoms with van der Waals surface area (Å²) in [5.74, 6) is -0.392. The van der Waals surface area contributed by atoms with Gasteiger partial charge in [-0.25, -0.2) is 9.59 Å². The van der Waals surface area contributed by atoms with Gasteiger partial charge in [-0.3, -0.25) is 4.90 Å². The van der Waals surface area contributed by atoms with E-state index in [1.54, 1.807) is 6.92 Å². The van der Waals surface area contributed by atoms with E-state index in [0.29, 0.717) is 42.4 Å². The quantitative estimate of drug-likeness (QED) is 0.729. The number of halogens is 1. The summed E-state index contributed by atoms with van der Waals surface area (Å²) in [5, 5.41) is 6.22. The van der Waals surface area contributed by atoms with Crippen molar-refractivity contribution in [3.8, 4) is 0 Å². The zero-order valence-corrected chi connectivity index (χ0v) is 15.5. The van der Waals surface area contributed by atoms with Crippen LogP contribution >= 0.6 is 11.6 Å². The average Bonchev–Trinajstić information content (AvgIpc) is 2.56. The van der Waals surface area contributed by atoms with Crippen LogP contribution in [0.3, 0.4) is 0 Å². The Balaban J connectivity index is 2.19. The van der Waals surface area contributed by atoms with Crippen LogP contribution in [0.15, 0.2) is 35.5 Å². The van der Waals surface area contributed by atoms with Gasteiger partial charge < -0.3 is 15.4 Å². The van der Waals surface area contributed by atoms with Gasteiger partial charge in [-0.1, -0.05) is 30.7 Å². The molecule has 1 aromatic carbocycles. The van der Waals surface area contributed by atoms with Crippen LogP contribution in [0.1, 0.15) is 25.8 Å². The third-order valence-electron chi connectivity index (χ3n) is 3.94. The molecule has 0 fully saturated rings. The molecule has 0 saturated heterocycles. The highest BCUT2D eigenvalue weighted by Crippen LogP contribution is 2.18. The van der Waals surface area contributed by atoms with Crippen LogP contribution < -0.4 is 10.6 Å². The van der Waals surface area contributed by atoms with Crippen molar-refractivity contribution in [1.82, 2.24) is 15.5 Å². The number of nitrogens with one attached hydrogen (secondary N) is 2. The Morgan fingerprint density at radius 2 is 1.92 bits per heavy atom. The molecule has 0 saturated carbocycles. The van der Waals surface area contributed by atoms with E-state index in [9.17, 15) is 9.59 Å². The summed E-state index contributed by atoms with van der Waals surface area (Å²) in [7, 11) is 1.93. The molecule has 0 bridgehead atoms. The lowest BCUT2D eigenvalue weighted by Crippen LogP contribution is -2.51. The Morgan fingerprint density at radius 1 is 1.24 bits per heavy atom. The molecule has 25 heavy (non-hydrogen) atoms. The van der Waals surface area contributed by atoms with E-state index >= 15 is 0 Å². The number of nitrogens with zero attached hydrogens (tertiary/aromatic N) is 1. The Hall–Kier alpha value is -2.05. The van der Waals surface area contributed by atoms with Crippen molar-refractivity contribution in [2.75, 3.05) is 20.2 Å². The Kier molecular flexibility index (Phi) is 6.84. The second-order valence-electron chi connectivity index (χ2n) is 5.97. The topological polar surface area (TPSA) is 70.7 Å². The smallest absolute Gasteiger partial charge is 0.337 e. The monoisotopic (exact) mass is 365 g/mol. The number of hydrogen-bond donors (Lipinski definition) is 2. The number of urea groups is 1. The molecule has 0 unspecified atom stereocenters. The largest absolute Gasteiger partial charge is 0.463 e. The molecule has 2 N–H and O–H groups in total. The highest BCUT2D eigenvalue weighted by atomic mass is 35.5. The highest BCUT2D eigenvalue weighted by molar-refractivity contribution is 6.30. The number of amides is 2. The number of ether oxygens (including phenoxy) is 1. The van der Waals surface area contributed by atoms with Crippen molar-refractivity contribution < 1.29 is 14.3 Å². The molecule has 2 amide bonds. The Labute approximate surface area is 153 Å². The maximum Gasteiger partial charge on any atom is 0.337 e. The van der Waals surface area contributed by atoms with Gasteiger partial charge in [-0.15, -0.1) is 0 Å².